The third-order valence-corrected chi connectivity index (χ3v) is 4.13. The van der Waals surface area contributed by atoms with Gasteiger partial charge >= 0.3 is 0 Å². The number of hydrogen-bond acceptors (Lipinski definition) is 3. The van der Waals surface area contributed by atoms with E-state index in [1.54, 1.807) is 0 Å². The van der Waals surface area contributed by atoms with E-state index in [-0.39, 0.29) is 0 Å². The van der Waals surface area contributed by atoms with E-state index in [2.05, 4.69) is 30.0 Å². The average molecular weight is 244 g/mol. The Hall–Kier alpha value is -1.48. The Labute approximate surface area is 108 Å². The highest BCUT2D eigenvalue weighted by Crippen LogP contribution is 2.35. The third-order valence-electron chi connectivity index (χ3n) is 4.13. The number of benzene rings is 1. The monoisotopic (exact) mass is 244 g/mol. The van der Waals surface area contributed by atoms with E-state index in [0.717, 1.165) is 31.0 Å². The van der Waals surface area contributed by atoms with Crippen LogP contribution in [0.25, 0.3) is 11.0 Å². The molecule has 2 heterocycles. The van der Waals surface area contributed by atoms with E-state index in [9.17, 15) is 0 Å². The predicted octanol–water partition coefficient (Wildman–Crippen LogP) is 2.83. The molecule has 2 aromatic rings. The molecule has 1 aromatic heterocycles. The van der Waals surface area contributed by atoms with Crippen molar-refractivity contribution in [2.45, 2.75) is 20.3 Å². The Balaban J connectivity index is 2.07. The lowest BCUT2D eigenvalue weighted by molar-refractivity contribution is 0.575. The number of nitrogens with zero attached hydrogens (tertiary/aromatic N) is 1. The van der Waals surface area contributed by atoms with E-state index in [4.69, 9.17) is 10.2 Å². The van der Waals surface area contributed by atoms with Gasteiger partial charge in [-0.2, -0.15) is 0 Å². The van der Waals surface area contributed by atoms with Gasteiger partial charge in [-0.15, -0.1) is 0 Å². The van der Waals surface area contributed by atoms with Crippen molar-refractivity contribution in [2.24, 2.45) is 11.7 Å². The topological polar surface area (TPSA) is 42.4 Å². The minimum absolute atomic E-state index is 0.633. The average Bonchev–Trinajstić information content (AvgIpc) is 2.95. The van der Waals surface area contributed by atoms with Gasteiger partial charge in [-0.25, -0.2) is 0 Å². The first-order valence-corrected chi connectivity index (χ1v) is 6.64. The van der Waals surface area contributed by atoms with Gasteiger partial charge in [0, 0.05) is 29.7 Å². The van der Waals surface area contributed by atoms with Crippen LogP contribution in [0.15, 0.2) is 22.6 Å². The Morgan fingerprint density at radius 3 is 2.94 bits per heavy atom. The standard InChI is InChI=1S/C15H20N2O/c1-10-11(2)18-14-5-3-4-13(15(10)14)17-7-6-12(8-16)9-17/h3-5,12H,6-9,16H2,1-2H3. The summed E-state index contributed by atoms with van der Waals surface area (Å²) in [6, 6.07) is 6.33. The van der Waals surface area contributed by atoms with Crippen molar-refractivity contribution in [2.75, 3.05) is 24.5 Å². The van der Waals surface area contributed by atoms with Gasteiger partial charge in [0.1, 0.15) is 11.3 Å². The molecule has 1 aromatic carbocycles. The van der Waals surface area contributed by atoms with Gasteiger partial charge in [0.25, 0.3) is 0 Å². The van der Waals surface area contributed by atoms with Crippen LogP contribution in [0, 0.1) is 19.8 Å². The third kappa shape index (κ3) is 1.70. The minimum atomic E-state index is 0.633. The normalized spacial score (nSPS) is 19.9. The first-order valence-electron chi connectivity index (χ1n) is 6.64. The lowest BCUT2D eigenvalue weighted by Gasteiger charge is -2.19. The van der Waals surface area contributed by atoms with Crippen molar-refractivity contribution in [3.05, 3.63) is 29.5 Å². The molecule has 3 rings (SSSR count). The van der Waals surface area contributed by atoms with Crippen LogP contribution in [-0.2, 0) is 0 Å². The first-order chi connectivity index (χ1) is 8.70. The lowest BCUT2D eigenvalue weighted by atomic mass is 10.1. The van der Waals surface area contributed by atoms with Crippen LogP contribution < -0.4 is 10.6 Å². The summed E-state index contributed by atoms with van der Waals surface area (Å²) < 4.78 is 5.80. The fourth-order valence-corrected chi connectivity index (χ4v) is 2.91. The molecule has 1 unspecified atom stereocenters. The molecule has 96 valence electrons. The summed E-state index contributed by atoms with van der Waals surface area (Å²) in [5.74, 6) is 1.65. The zero-order valence-corrected chi connectivity index (χ0v) is 11.1. The number of hydrogen-bond donors (Lipinski definition) is 1. The summed E-state index contributed by atoms with van der Waals surface area (Å²) in [6.07, 6.45) is 1.20. The van der Waals surface area contributed by atoms with E-state index < -0.39 is 0 Å². The minimum Gasteiger partial charge on any atom is -0.461 e. The molecule has 1 saturated heterocycles. The summed E-state index contributed by atoms with van der Waals surface area (Å²) in [4.78, 5) is 2.45. The van der Waals surface area contributed by atoms with Crippen LogP contribution in [0.4, 0.5) is 5.69 Å². The molecule has 1 aliphatic rings. The second kappa shape index (κ2) is 4.32. The highest BCUT2D eigenvalue weighted by atomic mass is 16.3. The van der Waals surface area contributed by atoms with Gasteiger partial charge in [0.2, 0.25) is 0 Å². The van der Waals surface area contributed by atoms with E-state index in [0.29, 0.717) is 5.92 Å². The van der Waals surface area contributed by atoms with Crippen LogP contribution in [0.1, 0.15) is 17.7 Å². The molecular weight excluding hydrogens is 224 g/mol. The predicted molar refractivity (Wildman–Crippen MR) is 75.1 cm³/mol. The molecular formula is C15H20N2O. The summed E-state index contributed by atoms with van der Waals surface area (Å²) in [5, 5.41) is 1.27. The molecule has 0 spiro atoms. The van der Waals surface area contributed by atoms with Crippen molar-refractivity contribution in [1.82, 2.24) is 0 Å². The van der Waals surface area contributed by atoms with Gasteiger partial charge in [-0.1, -0.05) is 6.07 Å². The Kier molecular flexibility index (Phi) is 2.78. The molecule has 1 atom stereocenters. The molecule has 1 aliphatic heterocycles. The lowest BCUT2D eigenvalue weighted by Crippen LogP contribution is -2.22. The molecule has 3 heteroatoms. The maximum atomic E-state index is 5.80. The van der Waals surface area contributed by atoms with Gasteiger partial charge < -0.3 is 15.1 Å². The van der Waals surface area contributed by atoms with Crippen LogP contribution in [0.5, 0.6) is 0 Å². The van der Waals surface area contributed by atoms with Crippen LogP contribution in [0.3, 0.4) is 0 Å². The summed E-state index contributed by atoms with van der Waals surface area (Å²) in [7, 11) is 0. The molecule has 1 fully saturated rings. The Morgan fingerprint density at radius 2 is 2.22 bits per heavy atom. The summed E-state index contributed by atoms with van der Waals surface area (Å²) in [5.41, 5.74) is 9.34. The largest absolute Gasteiger partial charge is 0.461 e. The number of anilines is 1. The van der Waals surface area contributed by atoms with Gasteiger partial charge in [-0.3, -0.25) is 0 Å². The number of furan rings is 1. The molecule has 0 aliphatic carbocycles. The SMILES string of the molecule is Cc1oc2cccc(N3CCC(CN)C3)c2c1C. The summed E-state index contributed by atoms with van der Waals surface area (Å²) in [6.45, 7) is 7.13. The van der Waals surface area contributed by atoms with Crippen molar-refractivity contribution >= 4 is 16.7 Å². The highest BCUT2D eigenvalue weighted by Gasteiger charge is 2.24. The fourth-order valence-electron chi connectivity index (χ4n) is 2.91. The second-order valence-electron chi connectivity index (χ2n) is 5.27. The zero-order chi connectivity index (χ0) is 12.7. The number of nitrogens with two attached hydrogens (primary N) is 1. The van der Waals surface area contributed by atoms with Crippen molar-refractivity contribution in [3.63, 3.8) is 0 Å². The quantitative estimate of drug-likeness (QED) is 0.883. The maximum Gasteiger partial charge on any atom is 0.136 e. The second-order valence-corrected chi connectivity index (χ2v) is 5.27. The van der Waals surface area contributed by atoms with E-state index >= 15 is 0 Å². The van der Waals surface area contributed by atoms with Crippen LogP contribution in [0.2, 0.25) is 0 Å². The van der Waals surface area contributed by atoms with Crippen molar-refractivity contribution in [3.8, 4) is 0 Å². The molecule has 3 nitrogen and oxygen atoms in total. The maximum absolute atomic E-state index is 5.80. The van der Waals surface area contributed by atoms with Gasteiger partial charge in [-0.05, 0) is 44.9 Å². The van der Waals surface area contributed by atoms with Gasteiger partial charge in [0.05, 0.1) is 0 Å². The first kappa shape index (κ1) is 11.6. The summed E-state index contributed by atoms with van der Waals surface area (Å²) >= 11 is 0. The van der Waals surface area contributed by atoms with Gasteiger partial charge in [0.15, 0.2) is 0 Å². The van der Waals surface area contributed by atoms with Crippen molar-refractivity contribution in [1.29, 1.82) is 0 Å². The van der Waals surface area contributed by atoms with E-state index in [1.807, 2.05) is 6.92 Å². The van der Waals surface area contributed by atoms with Crippen LogP contribution >= 0.6 is 0 Å². The molecule has 0 amide bonds. The molecule has 2 N–H and O–H groups in total. The number of rotatable bonds is 2. The van der Waals surface area contributed by atoms with Crippen molar-refractivity contribution < 1.29 is 4.42 Å². The smallest absolute Gasteiger partial charge is 0.136 e. The zero-order valence-electron chi connectivity index (χ0n) is 11.1. The molecule has 18 heavy (non-hydrogen) atoms. The number of aryl methyl sites for hydroxylation is 2. The fraction of sp³-hybridized carbons (Fsp3) is 0.467. The Bertz CT molecular complexity index is 573. The van der Waals surface area contributed by atoms with Crippen LogP contribution in [-0.4, -0.2) is 19.6 Å². The molecule has 0 saturated carbocycles. The highest BCUT2D eigenvalue weighted by molar-refractivity contribution is 5.94. The molecule has 0 radical (unpaired) electrons. The Morgan fingerprint density at radius 1 is 1.39 bits per heavy atom. The molecule has 0 bridgehead atoms. The van der Waals surface area contributed by atoms with E-state index in [1.165, 1.54) is 23.1 Å². The number of fused-ring (bicyclic) bond motifs is 1.